The topological polar surface area (TPSA) is 0 Å². The predicted octanol–water partition coefficient (Wildman–Crippen LogP) is 8.56. The van der Waals surface area contributed by atoms with E-state index in [0.717, 1.165) is 5.02 Å². The van der Waals surface area contributed by atoms with E-state index in [1.54, 1.807) is 0 Å². The van der Waals surface area contributed by atoms with Crippen LogP contribution in [0.4, 0.5) is 0 Å². The molecule has 0 bridgehead atoms. The summed E-state index contributed by atoms with van der Waals surface area (Å²) in [6.07, 6.45) is 5.04. The second kappa shape index (κ2) is 8.63. The highest BCUT2D eigenvalue weighted by Gasteiger charge is 2.03. The van der Waals surface area contributed by atoms with Crippen LogP contribution in [-0.4, -0.2) is 0 Å². The molecule has 4 rings (SSSR count). The third-order valence-corrected chi connectivity index (χ3v) is 5.62. The molecule has 0 saturated heterocycles. The number of hydrogen-bond donors (Lipinski definition) is 0. The Morgan fingerprint density at radius 1 is 0.571 bits per heavy atom. The van der Waals surface area contributed by atoms with Gasteiger partial charge in [0.2, 0.25) is 0 Å². The Kier molecular flexibility index (Phi) is 5.78. The van der Waals surface area contributed by atoms with Gasteiger partial charge in [-0.3, -0.25) is 0 Å². The Labute approximate surface area is 172 Å². The number of halogens is 1. The minimum atomic E-state index is 0.769. The van der Waals surface area contributed by atoms with Crippen molar-refractivity contribution in [2.45, 2.75) is 32.6 Å². The standard InChI is InChI=1S/C27H25Cl/c1-2-3-4-5-20-6-7-26-19-25(13-12-24(26)18-20)23-10-8-21(9-11-23)22-14-16-27(28)17-15-22/h6-19H,2-5H2,1H3. The Morgan fingerprint density at radius 3 is 1.79 bits per heavy atom. The van der Waals surface area contributed by atoms with E-state index in [-0.39, 0.29) is 0 Å². The van der Waals surface area contributed by atoms with E-state index in [2.05, 4.69) is 79.7 Å². The van der Waals surface area contributed by atoms with E-state index in [0.29, 0.717) is 0 Å². The molecule has 0 radical (unpaired) electrons. The van der Waals surface area contributed by atoms with Gasteiger partial charge in [0.25, 0.3) is 0 Å². The van der Waals surface area contributed by atoms with Gasteiger partial charge in [-0.15, -0.1) is 0 Å². The summed E-state index contributed by atoms with van der Waals surface area (Å²) >= 11 is 5.99. The smallest absolute Gasteiger partial charge is 0.0406 e. The maximum absolute atomic E-state index is 5.99. The van der Waals surface area contributed by atoms with Crippen molar-refractivity contribution in [3.05, 3.63) is 95.5 Å². The molecule has 140 valence electrons. The molecule has 1 heteroatoms. The zero-order chi connectivity index (χ0) is 19.3. The molecule has 28 heavy (non-hydrogen) atoms. The van der Waals surface area contributed by atoms with Crippen LogP contribution in [-0.2, 0) is 6.42 Å². The van der Waals surface area contributed by atoms with E-state index >= 15 is 0 Å². The third kappa shape index (κ3) is 4.29. The molecule has 0 atom stereocenters. The van der Waals surface area contributed by atoms with E-state index in [9.17, 15) is 0 Å². The lowest BCUT2D eigenvalue weighted by molar-refractivity contribution is 0.718. The van der Waals surface area contributed by atoms with E-state index < -0.39 is 0 Å². The molecule has 4 aromatic rings. The number of unbranched alkanes of at least 4 members (excludes halogenated alkanes) is 2. The van der Waals surface area contributed by atoms with Crippen molar-refractivity contribution < 1.29 is 0 Å². The Balaban J connectivity index is 1.56. The van der Waals surface area contributed by atoms with Crippen LogP contribution in [0.5, 0.6) is 0 Å². The fourth-order valence-electron chi connectivity index (χ4n) is 3.71. The molecule has 0 saturated carbocycles. The number of fused-ring (bicyclic) bond motifs is 1. The Bertz CT molecular complexity index is 1060. The van der Waals surface area contributed by atoms with Crippen LogP contribution >= 0.6 is 11.6 Å². The summed E-state index contributed by atoms with van der Waals surface area (Å²) in [5.41, 5.74) is 6.34. The molecule has 4 aromatic carbocycles. The van der Waals surface area contributed by atoms with Gasteiger partial charge < -0.3 is 0 Å². The molecule has 0 aliphatic heterocycles. The second-order valence-corrected chi connectivity index (χ2v) is 7.87. The summed E-state index contributed by atoms with van der Waals surface area (Å²) in [5.74, 6) is 0. The fraction of sp³-hybridized carbons (Fsp3) is 0.185. The van der Waals surface area contributed by atoms with Gasteiger partial charge in [0.1, 0.15) is 0 Å². The summed E-state index contributed by atoms with van der Waals surface area (Å²) in [4.78, 5) is 0. The summed E-state index contributed by atoms with van der Waals surface area (Å²) in [6, 6.07) is 30.4. The molecular weight excluding hydrogens is 360 g/mol. The summed E-state index contributed by atoms with van der Waals surface area (Å²) < 4.78 is 0. The molecule has 0 nitrogen and oxygen atoms in total. The van der Waals surface area contributed by atoms with Crippen molar-refractivity contribution in [2.75, 3.05) is 0 Å². The molecular formula is C27H25Cl. The number of benzene rings is 4. The van der Waals surface area contributed by atoms with Crippen molar-refractivity contribution in [2.24, 2.45) is 0 Å². The number of aryl methyl sites for hydroxylation is 1. The van der Waals surface area contributed by atoms with Crippen molar-refractivity contribution in [1.82, 2.24) is 0 Å². The van der Waals surface area contributed by atoms with Gasteiger partial charge >= 0.3 is 0 Å². The molecule has 0 unspecified atom stereocenters. The van der Waals surface area contributed by atoms with Crippen LogP contribution in [0, 0.1) is 0 Å². The second-order valence-electron chi connectivity index (χ2n) is 7.44. The molecule has 0 aromatic heterocycles. The maximum atomic E-state index is 5.99. The first kappa shape index (κ1) is 18.8. The van der Waals surface area contributed by atoms with Crippen LogP contribution < -0.4 is 0 Å². The zero-order valence-electron chi connectivity index (χ0n) is 16.3. The average molecular weight is 385 g/mol. The first-order chi connectivity index (χ1) is 13.7. The van der Waals surface area contributed by atoms with Crippen molar-refractivity contribution >= 4 is 22.4 Å². The van der Waals surface area contributed by atoms with Crippen molar-refractivity contribution in [1.29, 1.82) is 0 Å². The van der Waals surface area contributed by atoms with Gasteiger partial charge in [-0.05, 0) is 69.6 Å². The Morgan fingerprint density at radius 2 is 1.11 bits per heavy atom. The lowest BCUT2D eigenvalue weighted by Gasteiger charge is -2.08. The van der Waals surface area contributed by atoms with Crippen LogP contribution in [0.25, 0.3) is 33.0 Å². The van der Waals surface area contributed by atoms with Crippen LogP contribution in [0.15, 0.2) is 84.9 Å². The molecule has 0 fully saturated rings. The summed E-state index contributed by atoms with van der Waals surface area (Å²) in [7, 11) is 0. The SMILES string of the molecule is CCCCCc1ccc2cc(-c3ccc(-c4ccc(Cl)cc4)cc3)ccc2c1. The van der Waals surface area contributed by atoms with Crippen molar-refractivity contribution in [3.8, 4) is 22.3 Å². The van der Waals surface area contributed by atoms with Crippen LogP contribution in [0.2, 0.25) is 5.02 Å². The Hall–Kier alpha value is -2.57. The van der Waals surface area contributed by atoms with Crippen LogP contribution in [0.3, 0.4) is 0 Å². The van der Waals surface area contributed by atoms with Gasteiger partial charge in [-0.25, -0.2) is 0 Å². The molecule has 0 spiro atoms. The van der Waals surface area contributed by atoms with Gasteiger partial charge in [0.15, 0.2) is 0 Å². The number of rotatable bonds is 6. The molecule has 0 amide bonds. The molecule has 0 heterocycles. The summed E-state index contributed by atoms with van der Waals surface area (Å²) in [6.45, 7) is 2.25. The normalized spacial score (nSPS) is 11.1. The van der Waals surface area contributed by atoms with E-state index in [1.807, 2.05) is 12.1 Å². The lowest BCUT2D eigenvalue weighted by atomic mass is 9.97. The number of hydrogen-bond acceptors (Lipinski definition) is 0. The first-order valence-electron chi connectivity index (χ1n) is 10.1. The lowest BCUT2D eigenvalue weighted by Crippen LogP contribution is -1.86. The predicted molar refractivity (Wildman–Crippen MR) is 123 cm³/mol. The average Bonchev–Trinajstić information content (AvgIpc) is 2.74. The summed E-state index contributed by atoms with van der Waals surface area (Å²) in [5, 5.41) is 3.40. The highest BCUT2D eigenvalue weighted by atomic mass is 35.5. The minimum absolute atomic E-state index is 0.769. The van der Waals surface area contributed by atoms with Gasteiger partial charge in [0.05, 0.1) is 0 Å². The molecule has 0 aliphatic carbocycles. The molecule has 0 N–H and O–H groups in total. The highest BCUT2D eigenvalue weighted by molar-refractivity contribution is 6.30. The maximum Gasteiger partial charge on any atom is 0.0406 e. The van der Waals surface area contributed by atoms with E-state index in [4.69, 9.17) is 11.6 Å². The minimum Gasteiger partial charge on any atom is -0.0843 e. The van der Waals surface area contributed by atoms with Crippen molar-refractivity contribution in [3.63, 3.8) is 0 Å². The van der Waals surface area contributed by atoms with Gasteiger partial charge in [-0.1, -0.05) is 98.1 Å². The monoisotopic (exact) mass is 384 g/mol. The zero-order valence-corrected chi connectivity index (χ0v) is 17.0. The first-order valence-corrected chi connectivity index (χ1v) is 10.5. The van der Waals surface area contributed by atoms with Gasteiger partial charge in [0, 0.05) is 5.02 Å². The largest absolute Gasteiger partial charge is 0.0843 e. The molecule has 0 aliphatic rings. The quantitative estimate of drug-likeness (QED) is 0.292. The third-order valence-electron chi connectivity index (χ3n) is 5.37. The fourth-order valence-corrected chi connectivity index (χ4v) is 3.83. The van der Waals surface area contributed by atoms with Crippen LogP contribution in [0.1, 0.15) is 31.7 Å². The van der Waals surface area contributed by atoms with Gasteiger partial charge in [-0.2, -0.15) is 0 Å². The van der Waals surface area contributed by atoms with E-state index in [1.165, 1.54) is 64.3 Å². The highest BCUT2D eigenvalue weighted by Crippen LogP contribution is 2.28.